The predicted octanol–water partition coefficient (Wildman–Crippen LogP) is 6.67. The van der Waals surface area contributed by atoms with Crippen molar-refractivity contribution in [1.82, 2.24) is 0 Å². The van der Waals surface area contributed by atoms with Crippen LogP contribution in [-0.4, -0.2) is 29.4 Å². The first-order chi connectivity index (χ1) is 12.9. The van der Waals surface area contributed by atoms with Crippen LogP contribution in [0.25, 0.3) is 0 Å². The highest BCUT2D eigenvalue weighted by Crippen LogP contribution is 2.18. The summed E-state index contributed by atoms with van der Waals surface area (Å²) in [5.41, 5.74) is 0. The van der Waals surface area contributed by atoms with Crippen LogP contribution >= 0.6 is 0 Å². The van der Waals surface area contributed by atoms with Gasteiger partial charge >= 0.3 is 0 Å². The fourth-order valence-corrected chi connectivity index (χ4v) is 4.70. The lowest BCUT2D eigenvalue weighted by Gasteiger charge is -2.14. The van der Waals surface area contributed by atoms with Crippen LogP contribution in [0.5, 0.6) is 0 Å². The summed E-state index contributed by atoms with van der Waals surface area (Å²) in [6, 6.07) is 0. The van der Waals surface area contributed by atoms with Crippen LogP contribution in [0, 0.1) is 0 Å². The Bertz CT molecular complexity index is 409. The topological polar surface area (TPSA) is 74.6 Å². The monoisotopic (exact) mass is 406 g/mol. The van der Waals surface area contributed by atoms with E-state index < -0.39 is 15.4 Å². The smallest absolute Gasteiger partial charge is 0.267 e. The number of hydrogen-bond donors (Lipinski definition) is 2. The molecule has 0 fully saturated rings. The summed E-state index contributed by atoms with van der Waals surface area (Å²) in [6.07, 6.45) is 19.1. The molecule has 0 rings (SSSR count). The zero-order valence-corrected chi connectivity index (χ0v) is 18.8. The highest BCUT2D eigenvalue weighted by molar-refractivity contribution is 7.86. The van der Waals surface area contributed by atoms with Gasteiger partial charge in [0.25, 0.3) is 10.1 Å². The third kappa shape index (κ3) is 17.7. The molecule has 2 unspecified atom stereocenters. The predicted molar refractivity (Wildman–Crippen MR) is 116 cm³/mol. The van der Waals surface area contributed by atoms with Crippen LogP contribution in [0.2, 0.25) is 0 Å². The molecule has 0 saturated carbocycles. The van der Waals surface area contributed by atoms with Crippen LogP contribution < -0.4 is 0 Å². The molecule has 164 valence electrons. The van der Waals surface area contributed by atoms with Crippen LogP contribution in [0.1, 0.15) is 129 Å². The summed E-state index contributed by atoms with van der Waals surface area (Å²) in [6.45, 7) is 4.18. The first-order valence-electron chi connectivity index (χ1n) is 11.6. The molecule has 0 aromatic rings. The van der Waals surface area contributed by atoms with Crippen molar-refractivity contribution in [3.05, 3.63) is 0 Å². The van der Waals surface area contributed by atoms with Gasteiger partial charge in [-0.05, 0) is 25.7 Å². The highest BCUT2D eigenvalue weighted by Gasteiger charge is 2.21. The Kier molecular flexibility index (Phi) is 17.8. The summed E-state index contributed by atoms with van der Waals surface area (Å²) in [4.78, 5) is 0. The van der Waals surface area contributed by atoms with Gasteiger partial charge in [0.15, 0.2) is 0 Å². The van der Waals surface area contributed by atoms with Crippen molar-refractivity contribution in [3.63, 3.8) is 0 Å². The molecule has 4 nitrogen and oxygen atoms in total. The molecule has 0 radical (unpaired) electrons. The number of hydrogen-bond acceptors (Lipinski definition) is 3. The second-order valence-corrected chi connectivity index (χ2v) is 9.88. The van der Waals surface area contributed by atoms with Gasteiger partial charge in [0, 0.05) is 0 Å². The van der Waals surface area contributed by atoms with Gasteiger partial charge in [-0.2, -0.15) is 8.42 Å². The molecule has 0 aliphatic heterocycles. The summed E-state index contributed by atoms with van der Waals surface area (Å²) in [5, 5.41) is 9.42. The van der Waals surface area contributed by atoms with E-state index in [-0.39, 0.29) is 6.10 Å². The lowest BCUT2D eigenvalue weighted by atomic mass is 10.0. The van der Waals surface area contributed by atoms with Crippen molar-refractivity contribution < 1.29 is 18.1 Å². The van der Waals surface area contributed by atoms with E-state index in [0.29, 0.717) is 12.8 Å². The van der Waals surface area contributed by atoms with Gasteiger partial charge in [-0.1, -0.05) is 104 Å². The van der Waals surface area contributed by atoms with Crippen LogP contribution in [0.15, 0.2) is 0 Å². The molecule has 0 bridgehead atoms. The molecule has 0 aromatic carbocycles. The average Bonchev–Trinajstić information content (AvgIpc) is 2.61. The largest absolute Gasteiger partial charge is 0.393 e. The minimum atomic E-state index is -3.92. The maximum absolute atomic E-state index is 11.3. The van der Waals surface area contributed by atoms with E-state index in [1.54, 1.807) is 0 Å². The van der Waals surface area contributed by atoms with E-state index in [1.807, 2.05) is 6.92 Å². The van der Waals surface area contributed by atoms with Gasteiger partial charge in [0.2, 0.25) is 0 Å². The second-order valence-electron chi connectivity index (χ2n) is 8.19. The summed E-state index contributed by atoms with van der Waals surface area (Å²) in [7, 11) is -3.92. The molecule has 5 heteroatoms. The SMILES string of the molecule is CCCCCCCCCCCCCC(O)CCCCC(CCC)S(=O)(=O)O. The number of rotatable bonds is 20. The highest BCUT2D eigenvalue weighted by atomic mass is 32.2. The molecule has 2 N–H and O–H groups in total. The molecule has 27 heavy (non-hydrogen) atoms. The fraction of sp³-hybridized carbons (Fsp3) is 1.00. The van der Waals surface area contributed by atoms with Gasteiger partial charge in [0.05, 0.1) is 11.4 Å². The standard InChI is InChI=1S/C22H46O4S/c1-3-5-6-7-8-9-10-11-12-13-14-18-21(23)19-15-16-20-22(17-4-2)27(24,25)26/h21-23H,3-20H2,1-2H3,(H,24,25,26). The maximum atomic E-state index is 11.3. The normalized spacial score (nSPS) is 14.4. The Labute approximate surface area is 169 Å². The van der Waals surface area contributed by atoms with Gasteiger partial charge in [-0.15, -0.1) is 0 Å². The zero-order valence-electron chi connectivity index (χ0n) is 18.0. The molecule has 0 saturated heterocycles. The lowest BCUT2D eigenvalue weighted by molar-refractivity contribution is 0.147. The van der Waals surface area contributed by atoms with Crippen molar-refractivity contribution >= 4 is 10.1 Å². The first-order valence-corrected chi connectivity index (χ1v) is 13.1. The maximum Gasteiger partial charge on any atom is 0.267 e. The number of aliphatic hydroxyl groups is 1. The fourth-order valence-electron chi connectivity index (χ4n) is 3.70. The zero-order chi connectivity index (χ0) is 20.4. The van der Waals surface area contributed by atoms with Gasteiger partial charge < -0.3 is 5.11 Å². The molecule has 0 aliphatic carbocycles. The molecular formula is C22H46O4S. The summed E-state index contributed by atoms with van der Waals surface area (Å²) < 4.78 is 31.8. The Morgan fingerprint density at radius 1 is 0.593 bits per heavy atom. The van der Waals surface area contributed by atoms with Crippen molar-refractivity contribution in [2.24, 2.45) is 0 Å². The van der Waals surface area contributed by atoms with Crippen LogP contribution in [0.4, 0.5) is 0 Å². The van der Waals surface area contributed by atoms with E-state index in [4.69, 9.17) is 0 Å². The van der Waals surface area contributed by atoms with E-state index in [2.05, 4.69) is 6.92 Å². The second kappa shape index (κ2) is 17.9. The molecule has 0 aromatic heterocycles. The minimum Gasteiger partial charge on any atom is -0.393 e. The number of aliphatic hydroxyl groups excluding tert-OH is 1. The Morgan fingerprint density at radius 3 is 1.44 bits per heavy atom. The Morgan fingerprint density at radius 2 is 1.00 bits per heavy atom. The van der Waals surface area contributed by atoms with Gasteiger partial charge in [-0.3, -0.25) is 4.55 Å². The van der Waals surface area contributed by atoms with Crippen LogP contribution in [-0.2, 0) is 10.1 Å². The average molecular weight is 407 g/mol. The Hall–Kier alpha value is -0.130. The van der Waals surface area contributed by atoms with Crippen molar-refractivity contribution in [2.45, 2.75) is 141 Å². The molecular weight excluding hydrogens is 360 g/mol. The molecule has 0 heterocycles. The van der Waals surface area contributed by atoms with E-state index in [1.165, 1.54) is 64.2 Å². The van der Waals surface area contributed by atoms with Gasteiger partial charge in [-0.25, -0.2) is 0 Å². The molecule has 0 aliphatic rings. The quantitative estimate of drug-likeness (QED) is 0.175. The molecule has 0 spiro atoms. The number of unbranched alkanes of at least 4 members (excludes halogenated alkanes) is 11. The Balaban J connectivity index is 3.47. The lowest BCUT2D eigenvalue weighted by Crippen LogP contribution is -2.20. The third-order valence-electron chi connectivity index (χ3n) is 5.49. The van der Waals surface area contributed by atoms with Crippen molar-refractivity contribution in [2.75, 3.05) is 0 Å². The van der Waals surface area contributed by atoms with Crippen LogP contribution in [0.3, 0.4) is 0 Å². The third-order valence-corrected chi connectivity index (χ3v) is 6.80. The molecule has 0 amide bonds. The van der Waals surface area contributed by atoms with E-state index >= 15 is 0 Å². The summed E-state index contributed by atoms with van der Waals surface area (Å²) >= 11 is 0. The van der Waals surface area contributed by atoms with E-state index in [9.17, 15) is 18.1 Å². The van der Waals surface area contributed by atoms with Crippen molar-refractivity contribution in [3.8, 4) is 0 Å². The van der Waals surface area contributed by atoms with Crippen molar-refractivity contribution in [1.29, 1.82) is 0 Å². The van der Waals surface area contributed by atoms with E-state index in [0.717, 1.165) is 38.5 Å². The molecule has 2 atom stereocenters. The first kappa shape index (κ1) is 26.9. The summed E-state index contributed by atoms with van der Waals surface area (Å²) in [5.74, 6) is 0. The minimum absolute atomic E-state index is 0.265. The van der Waals surface area contributed by atoms with Gasteiger partial charge in [0.1, 0.15) is 0 Å².